The number of piperidine rings is 1. The van der Waals surface area contributed by atoms with Gasteiger partial charge in [0.25, 0.3) is 0 Å². The summed E-state index contributed by atoms with van der Waals surface area (Å²) in [5.74, 6) is 0.525. The van der Waals surface area contributed by atoms with E-state index in [1.165, 1.54) is 43.4 Å². The quantitative estimate of drug-likeness (QED) is 0.759. The molecule has 1 aliphatic carbocycles. The zero-order valence-electron chi connectivity index (χ0n) is 15.8. The van der Waals surface area contributed by atoms with E-state index in [0.717, 1.165) is 55.7 Å². The minimum Gasteiger partial charge on any atom is -0.369 e. The number of aromatic amines is 1. The lowest BCUT2D eigenvalue weighted by molar-refractivity contribution is -0.123. The van der Waals surface area contributed by atoms with Gasteiger partial charge in [-0.3, -0.25) is 9.69 Å². The number of halogens is 1. The van der Waals surface area contributed by atoms with Crippen molar-refractivity contribution in [1.82, 2.24) is 14.9 Å². The maximum absolute atomic E-state index is 11.7. The van der Waals surface area contributed by atoms with Crippen molar-refractivity contribution in [2.75, 3.05) is 13.1 Å². The summed E-state index contributed by atoms with van der Waals surface area (Å²) >= 11 is 6.49. The average molecular weight is 389 g/mol. The van der Waals surface area contributed by atoms with Crippen molar-refractivity contribution in [1.29, 1.82) is 0 Å². The highest BCUT2D eigenvalue weighted by molar-refractivity contribution is 6.34. The van der Waals surface area contributed by atoms with Crippen molar-refractivity contribution >= 4 is 28.4 Å². The van der Waals surface area contributed by atoms with Gasteiger partial charge in [0.05, 0.1) is 11.4 Å². The van der Waals surface area contributed by atoms with Gasteiger partial charge in [0, 0.05) is 30.4 Å². The third-order valence-corrected chi connectivity index (χ3v) is 6.65. The number of carbonyl (C=O) groups is 1. The Morgan fingerprint density at radius 3 is 2.85 bits per heavy atom. The fraction of sp³-hybridized carbons (Fsp3) is 0.619. The molecule has 5 nitrogen and oxygen atoms in total. The maximum atomic E-state index is 11.7. The van der Waals surface area contributed by atoms with Gasteiger partial charge in [0.2, 0.25) is 5.91 Å². The molecule has 3 heterocycles. The first-order valence-corrected chi connectivity index (χ1v) is 10.6. The summed E-state index contributed by atoms with van der Waals surface area (Å²) in [7, 11) is 0. The standard InChI is InChI=1S/C21H29ClN4O/c22-20-19-16(13-26-10-4-7-15(12-26)21(23)27)18(25-17(19)8-9-24-20)11-14-5-2-1-3-6-14/h8-9,14-15,25H,1-7,10-13H2,(H2,23,27). The zero-order chi connectivity index (χ0) is 18.8. The minimum absolute atomic E-state index is 0.0423. The highest BCUT2D eigenvalue weighted by Gasteiger charge is 2.27. The van der Waals surface area contributed by atoms with Crippen LogP contribution in [-0.2, 0) is 17.8 Å². The van der Waals surface area contributed by atoms with Gasteiger partial charge in [-0.05, 0) is 43.4 Å². The van der Waals surface area contributed by atoms with Crippen LogP contribution in [0.3, 0.4) is 0 Å². The molecule has 2 aliphatic rings. The molecule has 27 heavy (non-hydrogen) atoms. The fourth-order valence-corrected chi connectivity index (χ4v) is 5.17. The van der Waals surface area contributed by atoms with Crippen LogP contribution in [0.4, 0.5) is 0 Å². The summed E-state index contributed by atoms with van der Waals surface area (Å²) in [5.41, 5.74) is 9.20. The Hall–Kier alpha value is -1.59. The molecule has 0 spiro atoms. The number of hydrogen-bond acceptors (Lipinski definition) is 3. The second-order valence-electron chi connectivity index (χ2n) is 8.29. The van der Waals surface area contributed by atoms with Gasteiger partial charge in [-0.15, -0.1) is 0 Å². The predicted octanol–water partition coefficient (Wildman–Crippen LogP) is 4.04. The van der Waals surface area contributed by atoms with Crippen LogP contribution in [0.15, 0.2) is 12.3 Å². The van der Waals surface area contributed by atoms with E-state index < -0.39 is 0 Å². The molecule has 2 fully saturated rings. The largest absolute Gasteiger partial charge is 0.369 e. The van der Waals surface area contributed by atoms with E-state index >= 15 is 0 Å². The van der Waals surface area contributed by atoms with E-state index in [-0.39, 0.29) is 11.8 Å². The normalized spacial score (nSPS) is 22.3. The molecule has 2 aromatic rings. The highest BCUT2D eigenvalue weighted by atomic mass is 35.5. The Kier molecular flexibility index (Phi) is 5.69. The van der Waals surface area contributed by atoms with Crippen molar-refractivity contribution in [2.24, 2.45) is 17.6 Å². The third-order valence-electron chi connectivity index (χ3n) is 6.36. The van der Waals surface area contributed by atoms with E-state index in [2.05, 4.69) is 14.9 Å². The molecule has 6 heteroatoms. The Morgan fingerprint density at radius 2 is 2.07 bits per heavy atom. The van der Waals surface area contributed by atoms with E-state index in [4.69, 9.17) is 17.3 Å². The number of carbonyl (C=O) groups excluding carboxylic acids is 1. The molecule has 1 saturated heterocycles. The van der Waals surface area contributed by atoms with Crippen molar-refractivity contribution in [2.45, 2.75) is 57.9 Å². The minimum atomic E-state index is -0.180. The molecule has 1 aliphatic heterocycles. The van der Waals surface area contributed by atoms with Crippen LogP contribution in [0, 0.1) is 11.8 Å². The lowest BCUT2D eigenvalue weighted by atomic mass is 9.85. The van der Waals surface area contributed by atoms with Gasteiger partial charge in [-0.2, -0.15) is 0 Å². The molecule has 0 radical (unpaired) electrons. The summed E-state index contributed by atoms with van der Waals surface area (Å²) in [6.45, 7) is 2.54. The molecule has 146 valence electrons. The molecule has 1 saturated carbocycles. The van der Waals surface area contributed by atoms with Gasteiger partial charge in [-0.1, -0.05) is 43.7 Å². The van der Waals surface area contributed by atoms with Crippen LogP contribution in [0.5, 0.6) is 0 Å². The Labute approximate surface area is 165 Å². The number of nitrogens with one attached hydrogen (secondary N) is 1. The lowest BCUT2D eigenvalue weighted by Gasteiger charge is -2.31. The summed E-state index contributed by atoms with van der Waals surface area (Å²) < 4.78 is 0. The topological polar surface area (TPSA) is 75.0 Å². The van der Waals surface area contributed by atoms with Gasteiger partial charge in [-0.25, -0.2) is 4.98 Å². The summed E-state index contributed by atoms with van der Waals surface area (Å²) in [4.78, 5) is 22.0. The number of rotatable bonds is 5. The first-order valence-electron chi connectivity index (χ1n) is 10.3. The van der Waals surface area contributed by atoms with E-state index in [1.807, 2.05) is 6.07 Å². The SMILES string of the molecule is NC(=O)C1CCCN(Cc2c(CC3CCCCC3)[nH]c3ccnc(Cl)c23)C1. The molecule has 0 aromatic carbocycles. The first kappa shape index (κ1) is 18.8. The predicted molar refractivity (Wildman–Crippen MR) is 109 cm³/mol. The third kappa shape index (κ3) is 4.14. The van der Waals surface area contributed by atoms with Gasteiger partial charge in [0.1, 0.15) is 5.15 Å². The number of hydrogen-bond donors (Lipinski definition) is 2. The van der Waals surface area contributed by atoms with Crippen LogP contribution in [-0.4, -0.2) is 33.9 Å². The number of pyridine rings is 1. The Bertz CT molecular complexity index is 812. The van der Waals surface area contributed by atoms with E-state index in [1.54, 1.807) is 6.20 Å². The molecular formula is C21H29ClN4O. The lowest BCUT2D eigenvalue weighted by Crippen LogP contribution is -2.40. The fourth-order valence-electron chi connectivity index (χ4n) is 4.90. The smallest absolute Gasteiger partial charge is 0.221 e. The van der Waals surface area contributed by atoms with Crippen molar-refractivity contribution < 1.29 is 4.79 Å². The molecule has 1 amide bonds. The number of amides is 1. The van der Waals surface area contributed by atoms with E-state index in [0.29, 0.717) is 5.15 Å². The number of aromatic nitrogens is 2. The van der Waals surface area contributed by atoms with Crippen molar-refractivity contribution in [3.8, 4) is 0 Å². The number of H-pyrrole nitrogens is 1. The first-order chi connectivity index (χ1) is 13.1. The number of fused-ring (bicyclic) bond motifs is 1. The molecule has 2 aromatic heterocycles. The number of primary amides is 1. The maximum Gasteiger partial charge on any atom is 0.221 e. The van der Waals surface area contributed by atoms with Crippen molar-refractivity contribution in [3.05, 3.63) is 28.7 Å². The second kappa shape index (κ2) is 8.19. The summed E-state index contributed by atoms with van der Waals surface area (Å²) in [6, 6.07) is 2.01. The van der Waals surface area contributed by atoms with Crippen LogP contribution < -0.4 is 5.73 Å². The van der Waals surface area contributed by atoms with Crippen LogP contribution in [0.2, 0.25) is 5.15 Å². The highest BCUT2D eigenvalue weighted by Crippen LogP contribution is 2.34. The summed E-state index contributed by atoms with van der Waals surface area (Å²) in [6.07, 6.45) is 11.4. The molecule has 3 N–H and O–H groups in total. The van der Waals surface area contributed by atoms with Crippen LogP contribution >= 0.6 is 11.6 Å². The number of nitrogens with two attached hydrogens (primary N) is 1. The zero-order valence-corrected chi connectivity index (χ0v) is 16.6. The monoisotopic (exact) mass is 388 g/mol. The summed E-state index contributed by atoms with van der Waals surface area (Å²) in [5, 5.41) is 1.61. The Balaban J connectivity index is 1.62. The van der Waals surface area contributed by atoms with Crippen LogP contribution in [0.1, 0.15) is 56.2 Å². The molecule has 1 atom stereocenters. The molecule has 1 unspecified atom stereocenters. The van der Waals surface area contributed by atoms with Gasteiger partial charge < -0.3 is 10.7 Å². The molecular weight excluding hydrogens is 360 g/mol. The number of nitrogens with zero attached hydrogens (tertiary/aromatic N) is 2. The molecule has 0 bridgehead atoms. The Morgan fingerprint density at radius 1 is 1.26 bits per heavy atom. The van der Waals surface area contributed by atoms with E-state index in [9.17, 15) is 4.79 Å². The average Bonchev–Trinajstić information content (AvgIpc) is 3.01. The van der Waals surface area contributed by atoms with Crippen molar-refractivity contribution in [3.63, 3.8) is 0 Å². The van der Waals surface area contributed by atoms with Crippen LogP contribution in [0.25, 0.3) is 10.9 Å². The molecule has 4 rings (SSSR count). The second-order valence-corrected chi connectivity index (χ2v) is 8.65. The van der Waals surface area contributed by atoms with Gasteiger partial charge in [0.15, 0.2) is 0 Å². The number of likely N-dealkylation sites (tertiary alicyclic amines) is 1. The van der Waals surface area contributed by atoms with Gasteiger partial charge >= 0.3 is 0 Å².